The van der Waals surface area contributed by atoms with Gasteiger partial charge in [-0.2, -0.15) is 13.2 Å². The predicted octanol–water partition coefficient (Wildman–Crippen LogP) is 5.23. The molecule has 0 saturated carbocycles. The van der Waals surface area contributed by atoms with E-state index >= 15 is 0 Å². The quantitative estimate of drug-likeness (QED) is 0.339. The van der Waals surface area contributed by atoms with Crippen molar-refractivity contribution < 1.29 is 18.0 Å². The monoisotopic (exact) mass is 560 g/mol. The van der Waals surface area contributed by atoms with E-state index in [2.05, 4.69) is 45.9 Å². The van der Waals surface area contributed by atoms with Crippen molar-refractivity contribution in [3.63, 3.8) is 0 Å². The molecule has 212 valence electrons. The highest BCUT2D eigenvalue weighted by Crippen LogP contribution is 2.35. The fourth-order valence-corrected chi connectivity index (χ4v) is 4.90. The number of alkyl halides is 3. The van der Waals surface area contributed by atoms with Gasteiger partial charge in [0.05, 0.1) is 18.0 Å². The molecule has 1 fully saturated rings. The van der Waals surface area contributed by atoms with Crippen molar-refractivity contribution in [2.75, 3.05) is 31.5 Å². The number of carbonyl (C=O) groups is 1. The van der Waals surface area contributed by atoms with Crippen molar-refractivity contribution in [3.05, 3.63) is 94.7 Å². The molecule has 41 heavy (non-hydrogen) atoms. The summed E-state index contributed by atoms with van der Waals surface area (Å²) in [5.74, 6) is 5.64. The van der Waals surface area contributed by atoms with Crippen LogP contribution in [0.2, 0.25) is 0 Å². The van der Waals surface area contributed by atoms with Gasteiger partial charge in [0.15, 0.2) is 5.65 Å². The zero-order valence-electron chi connectivity index (χ0n) is 23.2. The number of hydrogen-bond acceptors (Lipinski definition) is 5. The Labute approximate surface area is 237 Å². The first kappa shape index (κ1) is 28.3. The van der Waals surface area contributed by atoms with Crippen LogP contribution in [-0.2, 0) is 12.7 Å². The second-order valence-corrected chi connectivity index (χ2v) is 10.5. The smallest absolute Gasteiger partial charge is 0.322 e. The van der Waals surface area contributed by atoms with Crippen molar-refractivity contribution in [1.29, 1.82) is 0 Å². The van der Waals surface area contributed by atoms with Gasteiger partial charge in [0.1, 0.15) is 5.69 Å². The number of carbonyl (C=O) groups excluding carboxylic acids is 1. The van der Waals surface area contributed by atoms with E-state index in [4.69, 9.17) is 0 Å². The molecule has 3 heterocycles. The Bertz CT molecular complexity index is 1620. The number of piperazine rings is 1. The zero-order chi connectivity index (χ0) is 29.1. The van der Waals surface area contributed by atoms with Gasteiger partial charge in [-0.1, -0.05) is 18.1 Å². The number of nitrogens with one attached hydrogen (secondary N) is 1. The highest BCUT2D eigenvalue weighted by atomic mass is 19.4. The third kappa shape index (κ3) is 6.59. The lowest BCUT2D eigenvalue weighted by atomic mass is 10.0. The summed E-state index contributed by atoms with van der Waals surface area (Å²) >= 11 is 0. The van der Waals surface area contributed by atoms with Crippen LogP contribution in [0, 0.1) is 18.8 Å². The number of rotatable bonds is 5. The van der Waals surface area contributed by atoms with E-state index in [1.807, 2.05) is 11.8 Å². The summed E-state index contributed by atoms with van der Waals surface area (Å²) < 4.78 is 43.9. The molecule has 1 N–H and O–H groups in total. The van der Waals surface area contributed by atoms with Gasteiger partial charge in [-0.3, -0.25) is 24.0 Å². The van der Waals surface area contributed by atoms with Crippen LogP contribution in [0.3, 0.4) is 0 Å². The van der Waals surface area contributed by atoms with E-state index < -0.39 is 17.6 Å². The lowest BCUT2D eigenvalue weighted by Gasteiger charge is -2.37. The summed E-state index contributed by atoms with van der Waals surface area (Å²) in [4.78, 5) is 25.7. The zero-order valence-corrected chi connectivity index (χ0v) is 23.2. The van der Waals surface area contributed by atoms with E-state index in [0.29, 0.717) is 41.6 Å². The van der Waals surface area contributed by atoms with Crippen LogP contribution >= 0.6 is 0 Å². The minimum Gasteiger partial charge on any atom is -0.322 e. The van der Waals surface area contributed by atoms with Gasteiger partial charge in [-0.05, 0) is 62.1 Å². The summed E-state index contributed by atoms with van der Waals surface area (Å²) in [6, 6.07) is 9.46. The van der Waals surface area contributed by atoms with Crippen LogP contribution in [0.25, 0.3) is 5.65 Å². The SMILES string of the molecule is Cc1ccc(C(=O)Nc2ccc(CN3CCN(C(C)C)CC3)c(C(F)(F)F)c2)cc1C#Cc1cnc2cnccn12. The molecule has 1 aliphatic heterocycles. The number of nitrogens with zero attached hydrogens (tertiary/aromatic N) is 5. The second kappa shape index (κ2) is 11.7. The first-order chi connectivity index (χ1) is 19.6. The maximum atomic E-state index is 14.0. The number of amides is 1. The van der Waals surface area contributed by atoms with Crippen LogP contribution in [0.5, 0.6) is 0 Å². The predicted molar refractivity (Wildman–Crippen MR) is 152 cm³/mol. The summed E-state index contributed by atoms with van der Waals surface area (Å²) in [5.41, 5.74) is 2.67. The first-order valence-corrected chi connectivity index (χ1v) is 13.5. The Kier molecular flexibility index (Phi) is 8.10. The number of halogens is 3. The number of fused-ring (bicyclic) bond motifs is 1. The molecule has 0 aliphatic carbocycles. The average molecular weight is 561 g/mol. The van der Waals surface area contributed by atoms with Gasteiger partial charge >= 0.3 is 6.18 Å². The largest absolute Gasteiger partial charge is 0.416 e. The second-order valence-electron chi connectivity index (χ2n) is 10.5. The molecule has 0 atom stereocenters. The van der Waals surface area contributed by atoms with Gasteiger partial charge in [0, 0.05) is 68.0 Å². The van der Waals surface area contributed by atoms with Gasteiger partial charge in [0.2, 0.25) is 0 Å². The molecule has 1 saturated heterocycles. The fourth-order valence-electron chi connectivity index (χ4n) is 4.90. The van der Waals surface area contributed by atoms with E-state index in [0.717, 1.165) is 24.7 Å². The summed E-state index contributed by atoms with van der Waals surface area (Å²) in [6.45, 7) is 9.40. The highest BCUT2D eigenvalue weighted by Gasteiger charge is 2.34. The van der Waals surface area contributed by atoms with Gasteiger partial charge in [-0.25, -0.2) is 4.98 Å². The van der Waals surface area contributed by atoms with Crippen LogP contribution in [0.1, 0.15) is 52.2 Å². The van der Waals surface area contributed by atoms with Crippen molar-refractivity contribution in [3.8, 4) is 11.8 Å². The van der Waals surface area contributed by atoms with E-state index in [-0.39, 0.29) is 17.8 Å². The van der Waals surface area contributed by atoms with Crippen molar-refractivity contribution in [2.24, 2.45) is 0 Å². The van der Waals surface area contributed by atoms with Crippen molar-refractivity contribution >= 4 is 17.2 Å². The summed E-state index contributed by atoms with van der Waals surface area (Å²) in [5, 5.41) is 2.63. The Hall–Kier alpha value is -4.20. The molecule has 2 aromatic carbocycles. The lowest BCUT2D eigenvalue weighted by molar-refractivity contribution is -0.138. The first-order valence-electron chi connectivity index (χ1n) is 13.5. The molecule has 0 radical (unpaired) electrons. The maximum absolute atomic E-state index is 14.0. The summed E-state index contributed by atoms with van der Waals surface area (Å²) in [7, 11) is 0. The molecule has 7 nitrogen and oxygen atoms in total. The summed E-state index contributed by atoms with van der Waals surface area (Å²) in [6.07, 6.45) is 2.13. The number of aromatic nitrogens is 3. The van der Waals surface area contributed by atoms with Crippen LogP contribution < -0.4 is 5.32 Å². The lowest BCUT2D eigenvalue weighted by Crippen LogP contribution is -2.48. The third-order valence-electron chi connectivity index (χ3n) is 7.35. The molecular formula is C31H31F3N6O. The van der Waals surface area contributed by atoms with Gasteiger partial charge < -0.3 is 5.32 Å². The normalized spacial score (nSPS) is 14.7. The molecule has 1 amide bonds. The maximum Gasteiger partial charge on any atom is 0.416 e. The number of aryl methyl sites for hydroxylation is 1. The molecule has 4 aromatic rings. The van der Waals surface area contributed by atoms with Crippen molar-refractivity contribution in [2.45, 2.75) is 39.5 Å². The Balaban J connectivity index is 1.32. The number of benzene rings is 2. The van der Waals surface area contributed by atoms with Crippen LogP contribution in [0.15, 0.2) is 61.2 Å². The molecule has 0 spiro atoms. The minimum absolute atomic E-state index is 0.0863. The molecule has 5 rings (SSSR count). The minimum atomic E-state index is -4.55. The van der Waals surface area contributed by atoms with Crippen LogP contribution in [0.4, 0.5) is 18.9 Å². The Morgan fingerprint density at radius 1 is 1.05 bits per heavy atom. The van der Waals surface area contributed by atoms with Crippen molar-refractivity contribution in [1.82, 2.24) is 24.2 Å². The molecular weight excluding hydrogens is 529 g/mol. The molecule has 2 aromatic heterocycles. The van der Waals surface area contributed by atoms with E-state index in [1.54, 1.807) is 47.4 Å². The highest BCUT2D eigenvalue weighted by molar-refractivity contribution is 6.04. The average Bonchev–Trinajstić information content (AvgIpc) is 3.36. The molecule has 1 aliphatic rings. The van der Waals surface area contributed by atoms with Crippen LogP contribution in [-0.4, -0.2) is 62.3 Å². The number of anilines is 1. The standard InChI is InChI=1S/C31H31F3N6O/c1-21(2)39-14-12-38(13-15-39)20-25-6-8-26(17-28(25)31(32,33)34)37-30(41)24-5-4-22(3)23(16-24)7-9-27-18-36-29-19-35-10-11-40(27)29/h4-6,8,10-11,16-19,21H,12-15,20H2,1-3H3,(H,37,41). The topological polar surface area (TPSA) is 65.8 Å². The Morgan fingerprint density at radius 2 is 1.83 bits per heavy atom. The number of imidazole rings is 1. The fraction of sp³-hybridized carbons (Fsp3) is 0.323. The van der Waals surface area contributed by atoms with Gasteiger partial charge in [-0.15, -0.1) is 0 Å². The van der Waals surface area contributed by atoms with Gasteiger partial charge in [0.25, 0.3) is 5.91 Å². The van der Waals surface area contributed by atoms with E-state index in [1.165, 1.54) is 12.1 Å². The molecule has 0 bridgehead atoms. The Morgan fingerprint density at radius 3 is 2.56 bits per heavy atom. The molecule has 0 unspecified atom stereocenters. The van der Waals surface area contributed by atoms with E-state index in [9.17, 15) is 18.0 Å². The molecule has 10 heteroatoms. The number of hydrogen-bond donors (Lipinski definition) is 1. The third-order valence-corrected chi connectivity index (χ3v) is 7.35.